The molecule has 3 nitrogen and oxygen atoms in total. The van der Waals surface area contributed by atoms with Crippen molar-refractivity contribution in [3.05, 3.63) is 45.6 Å². The molecule has 0 unspecified atom stereocenters. The zero-order chi connectivity index (χ0) is 12.5. The fourth-order valence-corrected chi connectivity index (χ4v) is 2.71. The third-order valence-corrected chi connectivity index (χ3v) is 3.76. The number of hydrogen-bond donors (Lipinski definition) is 0. The van der Waals surface area contributed by atoms with Gasteiger partial charge in [0.25, 0.3) is 0 Å². The molecule has 18 heavy (non-hydrogen) atoms. The van der Waals surface area contributed by atoms with Gasteiger partial charge in [-0.05, 0) is 30.5 Å². The summed E-state index contributed by atoms with van der Waals surface area (Å²) < 4.78 is 11.1. The normalized spacial score (nSPS) is 13.4. The highest BCUT2D eigenvalue weighted by Gasteiger charge is 2.22. The lowest BCUT2D eigenvalue weighted by atomic mass is 10.0. The first-order valence-corrected chi connectivity index (χ1v) is 6.63. The van der Waals surface area contributed by atoms with Crippen LogP contribution in [-0.4, -0.2) is 19.0 Å². The van der Waals surface area contributed by atoms with E-state index in [9.17, 15) is 4.79 Å². The molecule has 0 bridgehead atoms. The van der Waals surface area contributed by atoms with Crippen molar-refractivity contribution in [1.29, 1.82) is 0 Å². The van der Waals surface area contributed by atoms with Crippen molar-refractivity contribution in [2.24, 2.45) is 0 Å². The van der Waals surface area contributed by atoms with Gasteiger partial charge >= 0.3 is 0 Å². The Morgan fingerprint density at radius 2 is 2.00 bits per heavy atom. The minimum atomic E-state index is -0.00361. The predicted molar refractivity (Wildman–Crippen MR) is 69.9 cm³/mol. The highest BCUT2D eigenvalue weighted by Crippen LogP contribution is 2.35. The van der Waals surface area contributed by atoms with Gasteiger partial charge in [0.15, 0.2) is 17.3 Å². The van der Waals surface area contributed by atoms with E-state index in [0.29, 0.717) is 30.3 Å². The lowest BCUT2D eigenvalue weighted by Gasteiger charge is -2.20. The Kier molecular flexibility index (Phi) is 2.80. The van der Waals surface area contributed by atoms with Gasteiger partial charge in [-0.15, -0.1) is 11.3 Å². The highest BCUT2D eigenvalue weighted by molar-refractivity contribution is 7.10. The van der Waals surface area contributed by atoms with E-state index in [1.165, 1.54) is 0 Å². The van der Waals surface area contributed by atoms with E-state index < -0.39 is 0 Å². The van der Waals surface area contributed by atoms with Crippen molar-refractivity contribution >= 4 is 17.1 Å². The van der Waals surface area contributed by atoms with Crippen LogP contribution >= 0.6 is 11.3 Å². The summed E-state index contributed by atoms with van der Waals surface area (Å²) in [5.74, 6) is 1.22. The van der Waals surface area contributed by atoms with Crippen LogP contribution in [0.4, 0.5) is 0 Å². The van der Waals surface area contributed by atoms with Crippen LogP contribution in [0.2, 0.25) is 0 Å². The highest BCUT2D eigenvalue weighted by atomic mass is 32.1. The second-order valence-corrected chi connectivity index (χ2v) is 5.17. The SMILES string of the molecule is Cc1sccc1C(=O)c1cccc2c1OCCO2. The second-order valence-electron chi connectivity index (χ2n) is 4.05. The van der Waals surface area contributed by atoms with Gasteiger partial charge in [-0.25, -0.2) is 0 Å². The summed E-state index contributed by atoms with van der Waals surface area (Å²) in [4.78, 5) is 13.5. The number of carbonyl (C=O) groups is 1. The monoisotopic (exact) mass is 260 g/mol. The molecule has 1 aliphatic heterocycles. The Hall–Kier alpha value is -1.81. The van der Waals surface area contributed by atoms with E-state index in [2.05, 4.69) is 0 Å². The summed E-state index contributed by atoms with van der Waals surface area (Å²) >= 11 is 1.57. The van der Waals surface area contributed by atoms with Crippen LogP contribution in [0, 0.1) is 6.92 Å². The van der Waals surface area contributed by atoms with Gasteiger partial charge in [-0.3, -0.25) is 4.79 Å². The minimum absolute atomic E-state index is 0.00361. The van der Waals surface area contributed by atoms with Crippen molar-refractivity contribution in [3.63, 3.8) is 0 Å². The molecule has 1 aliphatic rings. The molecule has 0 N–H and O–H groups in total. The molecule has 1 aromatic carbocycles. The molecular weight excluding hydrogens is 248 g/mol. The molecule has 0 spiro atoms. The number of rotatable bonds is 2. The first kappa shape index (κ1) is 11.3. The molecule has 0 saturated carbocycles. The Morgan fingerprint density at radius 3 is 2.78 bits per heavy atom. The first-order chi connectivity index (χ1) is 8.77. The van der Waals surface area contributed by atoms with Crippen LogP contribution < -0.4 is 9.47 Å². The molecular formula is C14H12O3S. The van der Waals surface area contributed by atoms with Gasteiger partial charge in [0, 0.05) is 10.4 Å². The van der Waals surface area contributed by atoms with Crippen molar-refractivity contribution in [2.45, 2.75) is 6.92 Å². The van der Waals surface area contributed by atoms with Crippen LogP contribution in [0.3, 0.4) is 0 Å². The van der Waals surface area contributed by atoms with Crippen molar-refractivity contribution < 1.29 is 14.3 Å². The number of fused-ring (bicyclic) bond motifs is 1. The van der Waals surface area contributed by atoms with Crippen molar-refractivity contribution in [2.75, 3.05) is 13.2 Å². The molecule has 3 rings (SSSR count). The summed E-state index contributed by atoms with van der Waals surface area (Å²) in [5.41, 5.74) is 1.32. The third kappa shape index (κ3) is 1.78. The lowest BCUT2D eigenvalue weighted by molar-refractivity contribution is 0.102. The first-order valence-electron chi connectivity index (χ1n) is 5.75. The number of para-hydroxylation sites is 1. The van der Waals surface area contributed by atoms with Gasteiger partial charge in [0.1, 0.15) is 13.2 Å². The number of aryl methyl sites for hydroxylation is 1. The molecule has 0 amide bonds. The topological polar surface area (TPSA) is 35.5 Å². The number of benzene rings is 1. The fraction of sp³-hybridized carbons (Fsp3) is 0.214. The Morgan fingerprint density at radius 1 is 1.17 bits per heavy atom. The fourth-order valence-electron chi connectivity index (χ4n) is 2.02. The van der Waals surface area contributed by atoms with Crippen LogP contribution in [0.25, 0.3) is 0 Å². The maximum Gasteiger partial charge on any atom is 0.198 e. The predicted octanol–water partition coefficient (Wildman–Crippen LogP) is 3.06. The number of hydrogen-bond acceptors (Lipinski definition) is 4. The van der Waals surface area contributed by atoms with Crippen LogP contribution in [0.5, 0.6) is 11.5 Å². The quantitative estimate of drug-likeness (QED) is 0.778. The molecule has 0 aliphatic carbocycles. The van der Waals surface area contributed by atoms with Gasteiger partial charge in [0.2, 0.25) is 0 Å². The standard InChI is InChI=1S/C14H12O3S/c1-9-10(5-8-18-9)13(15)11-3-2-4-12-14(11)17-7-6-16-12/h2-5,8H,6-7H2,1H3. The maximum absolute atomic E-state index is 12.5. The molecule has 2 aromatic rings. The summed E-state index contributed by atoms with van der Waals surface area (Å²) in [7, 11) is 0. The van der Waals surface area contributed by atoms with E-state index >= 15 is 0 Å². The number of thiophene rings is 1. The van der Waals surface area contributed by atoms with E-state index in [-0.39, 0.29) is 5.78 Å². The second kappa shape index (κ2) is 4.46. The van der Waals surface area contributed by atoms with Gasteiger partial charge in [-0.2, -0.15) is 0 Å². The van der Waals surface area contributed by atoms with Crippen LogP contribution in [0.15, 0.2) is 29.6 Å². The number of ketones is 1. The molecule has 1 aromatic heterocycles. The molecule has 2 heterocycles. The summed E-state index contributed by atoms with van der Waals surface area (Å²) in [6.45, 7) is 2.96. The summed E-state index contributed by atoms with van der Waals surface area (Å²) in [6.07, 6.45) is 0. The summed E-state index contributed by atoms with van der Waals surface area (Å²) in [5, 5.41) is 1.93. The van der Waals surface area contributed by atoms with Gasteiger partial charge < -0.3 is 9.47 Å². The molecule has 0 saturated heterocycles. The third-order valence-electron chi connectivity index (χ3n) is 2.91. The lowest BCUT2D eigenvalue weighted by Crippen LogP contribution is -2.18. The molecule has 4 heteroatoms. The van der Waals surface area contributed by atoms with E-state index in [4.69, 9.17) is 9.47 Å². The zero-order valence-corrected chi connectivity index (χ0v) is 10.8. The van der Waals surface area contributed by atoms with Crippen LogP contribution in [-0.2, 0) is 0 Å². The van der Waals surface area contributed by atoms with E-state index in [1.54, 1.807) is 17.4 Å². The Labute approximate surface area is 109 Å². The Balaban J connectivity index is 2.07. The smallest absolute Gasteiger partial charge is 0.198 e. The van der Waals surface area contributed by atoms with Crippen LogP contribution in [0.1, 0.15) is 20.8 Å². The number of carbonyl (C=O) groups excluding carboxylic acids is 1. The van der Waals surface area contributed by atoms with E-state index in [1.807, 2.05) is 30.5 Å². The van der Waals surface area contributed by atoms with E-state index in [0.717, 1.165) is 10.4 Å². The number of ether oxygens (including phenoxy) is 2. The van der Waals surface area contributed by atoms with Crippen molar-refractivity contribution in [1.82, 2.24) is 0 Å². The average Bonchev–Trinajstić information content (AvgIpc) is 2.83. The molecule has 0 atom stereocenters. The maximum atomic E-state index is 12.5. The molecule has 0 radical (unpaired) electrons. The van der Waals surface area contributed by atoms with Gasteiger partial charge in [-0.1, -0.05) is 6.07 Å². The van der Waals surface area contributed by atoms with Crippen molar-refractivity contribution in [3.8, 4) is 11.5 Å². The molecule has 0 fully saturated rings. The minimum Gasteiger partial charge on any atom is -0.486 e. The Bertz CT molecular complexity index is 601. The van der Waals surface area contributed by atoms with Gasteiger partial charge in [0.05, 0.1) is 5.56 Å². The zero-order valence-electron chi connectivity index (χ0n) is 9.93. The largest absolute Gasteiger partial charge is 0.486 e. The summed E-state index contributed by atoms with van der Waals surface area (Å²) in [6, 6.07) is 7.28. The average molecular weight is 260 g/mol. The molecule has 92 valence electrons.